The number of rotatable bonds is 4. The van der Waals surface area contributed by atoms with Gasteiger partial charge >= 0.3 is 0 Å². The quantitative estimate of drug-likeness (QED) is 0.644. The van der Waals surface area contributed by atoms with Gasteiger partial charge in [0.2, 0.25) is 0 Å². The van der Waals surface area contributed by atoms with Crippen molar-refractivity contribution in [2.24, 2.45) is 0 Å². The molecule has 1 heterocycles. The van der Waals surface area contributed by atoms with Gasteiger partial charge in [-0.25, -0.2) is 0 Å². The Bertz CT molecular complexity index is 972. The fourth-order valence-corrected chi connectivity index (χ4v) is 3.96. The molecule has 0 saturated heterocycles. The Balaban J connectivity index is 2.10. The van der Waals surface area contributed by atoms with Crippen molar-refractivity contribution in [2.75, 3.05) is 5.32 Å². The molecule has 0 unspecified atom stereocenters. The fraction of sp³-hybridized carbons (Fsp3) is 0.348. The summed E-state index contributed by atoms with van der Waals surface area (Å²) < 4.78 is 2.12. The molecule has 1 aromatic heterocycles. The first-order valence-corrected chi connectivity index (χ1v) is 9.38. The van der Waals surface area contributed by atoms with Crippen LogP contribution in [-0.2, 0) is 13.0 Å². The van der Waals surface area contributed by atoms with Crippen LogP contribution in [0.3, 0.4) is 0 Å². The maximum atomic E-state index is 13.2. The Labute approximate surface area is 156 Å². The van der Waals surface area contributed by atoms with Crippen molar-refractivity contribution in [2.45, 2.75) is 54.5 Å². The third-order valence-corrected chi connectivity index (χ3v) is 5.24. The molecule has 2 aromatic carbocycles. The number of nitrogens with zero attached hydrogens (tertiary/aromatic N) is 1. The number of hydrogen-bond donors (Lipinski definition) is 1. The zero-order valence-electron chi connectivity index (χ0n) is 16.7. The highest BCUT2D eigenvalue weighted by molar-refractivity contribution is 6.09. The minimum Gasteiger partial charge on any atom is -0.337 e. The van der Waals surface area contributed by atoms with Gasteiger partial charge in [-0.15, -0.1) is 0 Å². The van der Waals surface area contributed by atoms with Crippen LogP contribution in [-0.4, -0.2) is 10.5 Å². The Hall–Kier alpha value is -2.55. The highest BCUT2D eigenvalue weighted by atomic mass is 16.2. The van der Waals surface area contributed by atoms with Crippen molar-refractivity contribution >= 4 is 22.5 Å². The number of carbonyl (C=O) groups is 1. The van der Waals surface area contributed by atoms with E-state index < -0.39 is 0 Å². The summed E-state index contributed by atoms with van der Waals surface area (Å²) in [5.41, 5.74) is 8.57. The number of anilines is 1. The molecule has 0 aliphatic rings. The molecular formula is C23H28N2O. The summed E-state index contributed by atoms with van der Waals surface area (Å²) in [6.07, 6.45) is 0.996. The molecule has 3 rings (SSSR count). The third kappa shape index (κ3) is 3.03. The van der Waals surface area contributed by atoms with Gasteiger partial charge in [-0.2, -0.15) is 0 Å². The van der Waals surface area contributed by atoms with Crippen LogP contribution in [0.25, 0.3) is 10.9 Å². The van der Waals surface area contributed by atoms with E-state index in [4.69, 9.17) is 0 Å². The van der Waals surface area contributed by atoms with Crippen LogP contribution in [0.1, 0.15) is 52.2 Å². The van der Waals surface area contributed by atoms with Crippen molar-refractivity contribution in [1.82, 2.24) is 4.57 Å². The summed E-state index contributed by atoms with van der Waals surface area (Å²) in [5.74, 6) is -0.0337. The number of carbonyl (C=O) groups excluding carboxylic acids is 1. The SMILES string of the molecule is CCc1ccc2c(c1)c(C)c(C(=O)Nc1c(C)cc(C)cc1C)n2CC. The lowest BCUT2D eigenvalue weighted by atomic mass is 10.0. The maximum Gasteiger partial charge on any atom is 0.272 e. The summed E-state index contributed by atoms with van der Waals surface area (Å²) in [7, 11) is 0. The summed E-state index contributed by atoms with van der Waals surface area (Å²) in [6, 6.07) is 10.7. The topological polar surface area (TPSA) is 34.0 Å². The predicted molar refractivity (Wildman–Crippen MR) is 110 cm³/mol. The normalized spacial score (nSPS) is 11.2. The van der Waals surface area contributed by atoms with Crippen molar-refractivity contribution < 1.29 is 4.79 Å². The predicted octanol–water partition coefficient (Wildman–Crippen LogP) is 5.71. The monoisotopic (exact) mass is 348 g/mol. The molecule has 0 radical (unpaired) electrons. The van der Waals surface area contributed by atoms with Crippen LogP contribution < -0.4 is 5.32 Å². The summed E-state index contributed by atoms with van der Waals surface area (Å²) in [6.45, 7) is 13.2. The molecule has 0 bridgehead atoms. The van der Waals surface area contributed by atoms with E-state index >= 15 is 0 Å². The summed E-state index contributed by atoms with van der Waals surface area (Å²) in [5, 5.41) is 4.34. The molecule has 1 amide bonds. The van der Waals surface area contributed by atoms with Gasteiger partial charge in [0, 0.05) is 23.1 Å². The van der Waals surface area contributed by atoms with Gasteiger partial charge in [0.1, 0.15) is 5.69 Å². The van der Waals surface area contributed by atoms with Crippen molar-refractivity contribution in [3.63, 3.8) is 0 Å². The molecule has 26 heavy (non-hydrogen) atoms. The van der Waals surface area contributed by atoms with Crippen LogP contribution in [0.2, 0.25) is 0 Å². The Morgan fingerprint density at radius 3 is 2.23 bits per heavy atom. The first kappa shape index (κ1) is 18.2. The lowest BCUT2D eigenvalue weighted by Gasteiger charge is -2.14. The van der Waals surface area contributed by atoms with E-state index in [1.807, 2.05) is 13.8 Å². The number of nitrogens with one attached hydrogen (secondary N) is 1. The lowest BCUT2D eigenvalue weighted by molar-refractivity contribution is 0.101. The van der Waals surface area contributed by atoms with E-state index in [-0.39, 0.29) is 5.91 Å². The molecule has 0 saturated carbocycles. The standard InChI is InChI=1S/C23H28N2O/c1-7-18-9-10-20-19(13-18)17(6)22(25(20)8-2)23(26)24-21-15(4)11-14(3)12-16(21)5/h9-13H,7-8H2,1-6H3,(H,24,26). The molecule has 0 aliphatic heterocycles. The second-order valence-electron chi connectivity index (χ2n) is 7.15. The van der Waals surface area contributed by atoms with Gasteiger partial charge in [0.05, 0.1) is 0 Å². The van der Waals surface area contributed by atoms with Gasteiger partial charge in [-0.3, -0.25) is 4.79 Å². The number of fused-ring (bicyclic) bond motifs is 1. The Kier molecular flexibility index (Phi) is 4.90. The van der Waals surface area contributed by atoms with E-state index in [1.165, 1.54) is 16.5 Å². The number of aryl methyl sites for hydroxylation is 6. The molecule has 0 atom stereocenters. The van der Waals surface area contributed by atoms with Crippen LogP contribution in [0.5, 0.6) is 0 Å². The zero-order chi connectivity index (χ0) is 19.0. The Morgan fingerprint density at radius 2 is 1.65 bits per heavy atom. The number of amides is 1. The Morgan fingerprint density at radius 1 is 1.00 bits per heavy atom. The minimum atomic E-state index is -0.0337. The number of aromatic nitrogens is 1. The number of hydrogen-bond acceptors (Lipinski definition) is 1. The van der Waals surface area contributed by atoms with Crippen molar-refractivity contribution in [3.05, 3.63) is 63.8 Å². The van der Waals surface area contributed by atoms with Gasteiger partial charge in [0.25, 0.3) is 5.91 Å². The smallest absolute Gasteiger partial charge is 0.272 e. The molecule has 3 heteroatoms. The molecular weight excluding hydrogens is 320 g/mol. The summed E-state index contributed by atoms with van der Waals surface area (Å²) >= 11 is 0. The molecule has 0 spiro atoms. The van der Waals surface area contributed by atoms with Crippen LogP contribution >= 0.6 is 0 Å². The maximum absolute atomic E-state index is 13.2. The highest BCUT2D eigenvalue weighted by Crippen LogP contribution is 2.29. The van der Waals surface area contributed by atoms with Gasteiger partial charge in [0.15, 0.2) is 0 Å². The van der Waals surface area contributed by atoms with Gasteiger partial charge in [-0.05, 0) is 75.4 Å². The second kappa shape index (κ2) is 6.99. The van der Waals surface area contributed by atoms with E-state index in [2.05, 4.69) is 67.9 Å². The van der Waals surface area contributed by atoms with Crippen molar-refractivity contribution in [1.29, 1.82) is 0 Å². The van der Waals surface area contributed by atoms with Crippen LogP contribution in [0.15, 0.2) is 30.3 Å². The zero-order valence-corrected chi connectivity index (χ0v) is 16.7. The van der Waals surface area contributed by atoms with Gasteiger partial charge in [-0.1, -0.05) is 30.7 Å². The third-order valence-electron chi connectivity index (χ3n) is 5.24. The van der Waals surface area contributed by atoms with Gasteiger partial charge < -0.3 is 9.88 Å². The first-order chi connectivity index (χ1) is 12.4. The molecule has 3 aromatic rings. The fourth-order valence-electron chi connectivity index (χ4n) is 3.96. The van der Waals surface area contributed by atoms with Crippen LogP contribution in [0.4, 0.5) is 5.69 Å². The molecule has 1 N–H and O–H groups in total. The number of benzene rings is 2. The largest absolute Gasteiger partial charge is 0.337 e. The van der Waals surface area contributed by atoms with E-state index in [9.17, 15) is 4.79 Å². The van der Waals surface area contributed by atoms with Crippen LogP contribution in [0, 0.1) is 27.7 Å². The molecule has 3 nitrogen and oxygen atoms in total. The van der Waals surface area contributed by atoms with E-state index in [1.54, 1.807) is 0 Å². The van der Waals surface area contributed by atoms with E-state index in [0.717, 1.165) is 46.6 Å². The average Bonchev–Trinajstić information content (AvgIpc) is 2.89. The second-order valence-corrected chi connectivity index (χ2v) is 7.15. The average molecular weight is 348 g/mol. The molecule has 0 fully saturated rings. The molecule has 136 valence electrons. The first-order valence-electron chi connectivity index (χ1n) is 9.38. The van der Waals surface area contributed by atoms with E-state index in [0.29, 0.717) is 0 Å². The molecule has 0 aliphatic carbocycles. The minimum absolute atomic E-state index is 0.0337. The highest BCUT2D eigenvalue weighted by Gasteiger charge is 2.21. The lowest BCUT2D eigenvalue weighted by Crippen LogP contribution is -2.19. The summed E-state index contributed by atoms with van der Waals surface area (Å²) in [4.78, 5) is 13.2. The van der Waals surface area contributed by atoms with Crippen molar-refractivity contribution in [3.8, 4) is 0 Å².